The lowest BCUT2D eigenvalue weighted by Crippen LogP contribution is -2.30. The van der Waals surface area contributed by atoms with Crippen LogP contribution in [0, 0.1) is 0 Å². The van der Waals surface area contributed by atoms with Gasteiger partial charge in [-0.3, -0.25) is 4.90 Å². The molecule has 0 radical (unpaired) electrons. The Bertz CT molecular complexity index is 232. The molecule has 3 nitrogen and oxygen atoms in total. The molecule has 0 saturated carbocycles. The van der Waals surface area contributed by atoms with Gasteiger partial charge in [0.15, 0.2) is 0 Å². The molecule has 58 valence electrons. The molecule has 1 unspecified atom stereocenters. The zero-order valence-electron chi connectivity index (χ0n) is 6.16. The minimum Gasteiger partial charge on any atom is -0.458 e. The van der Waals surface area contributed by atoms with Crippen LogP contribution in [0.25, 0.3) is 0 Å². The molecule has 0 aromatic carbocycles. The fourth-order valence-corrected chi connectivity index (χ4v) is 1.22. The van der Waals surface area contributed by atoms with Crippen LogP contribution in [-0.4, -0.2) is 11.3 Å². The maximum Gasteiger partial charge on any atom is 0.253 e. The Labute approximate surface area is 65.6 Å². The highest BCUT2D eigenvalue weighted by atomic mass is 16.5. The van der Waals surface area contributed by atoms with Gasteiger partial charge in [0.05, 0.1) is 5.70 Å². The molecule has 0 aromatic rings. The first-order chi connectivity index (χ1) is 5.42. The first-order valence-corrected chi connectivity index (χ1v) is 3.58. The van der Waals surface area contributed by atoms with E-state index in [-0.39, 0.29) is 6.35 Å². The van der Waals surface area contributed by atoms with Crippen molar-refractivity contribution < 1.29 is 4.74 Å². The number of rotatable bonds is 2. The molecule has 3 heteroatoms. The molecular weight excluding hydrogens is 140 g/mol. The number of allylic oxidation sites excluding steroid dienone is 1. The van der Waals surface area contributed by atoms with Gasteiger partial charge in [-0.25, -0.2) is 0 Å². The van der Waals surface area contributed by atoms with Gasteiger partial charge >= 0.3 is 0 Å². The van der Waals surface area contributed by atoms with Gasteiger partial charge in [-0.2, -0.15) is 0 Å². The molecule has 0 aliphatic carbocycles. The Morgan fingerprint density at radius 3 is 3.55 bits per heavy atom. The van der Waals surface area contributed by atoms with Gasteiger partial charge in [0.2, 0.25) is 0 Å². The van der Waals surface area contributed by atoms with Crippen LogP contribution in [-0.2, 0) is 4.74 Å². The van der Waals surface area contributed by atoms with E-state index in [2.05, 4.69) is 11.9 Å². The van der Waals surface area contributed by atoms with Gasteiger partial charge in [-0.1, -0.05) is 6.08 Å². The minimum absolute atomic E-state index is 0.00931. The summed E-state index contributed by atoms with van der Waals surface area (Å²) in [6.45, 7) is 3.67. The molecule has 2 aliphatic heterocycles. The Morgan fingerprint density at radius 2 is 2.73 bits per heavy atom. The van der Waals surface area contributed by atoms with Crippen LogP contribution in [0.4, 0.5) is 0 Å². The van der Waals surface area contributed by atoms with E-state index >= 15 is 0 Å². The highest BCUT2D eigenvalue weighted by Crippen LogP contribution is 2.23. The Balaban J connectivity index is 2.11. The van der Waals surface area contributed by atoms with Crippen molar-refractivity contribution in [1.29, 1.82) is 0 Å². The Kier molecular flexibility index (Phi) is 1.35. The standard InChI is InChI=1S/C8H10N2O/c1-2-3-7-6-11-8-9-4-5-10(7)8/h2,4-6,8-9H,1,3H2. The van der Waals surface area contributed by atoms with Crippen LogP contribution in [0.1, 0.15) is 6.42 Å². The Morgan fingerprint density at radius 1 is 1.82 bits per heavy atom. The van der Waals surface area contributed by atoms with Crippen LogP contribution in [0.3, 0.4) is 0 Å². The van der Waals surface area contributed by atoms with Crippen LogP contribution >= 0.6 is 0 Å². The summed E-state index contributed by atoms with van der Waals surface area (Å²) in [5.41, 5.74) is 1.14. The molecule has 1 N–H and O–H groups in total. The fourth-order valence-electron chi connectivity index (χ4n) is 1.22. The van der Waals surface area contributed by atoms with Crippen molar-refractivity contribution in [2.24, 2.45) is 0 Å². The number of ether oxygens (including phenoxy) is 1. The normalized spacial score (nSPS) is 25.6. The molecule has 2 heterocycles. The summed E-state index contributed by atoms with van der Waals surface area (Å²) in [6, 6.07) is 0. The highest BCUT2D eigenvalue weighted by Gasteiger charge is 2.26. The third kappa shape index (κ3) is 0.888. The van der Waals surface area contributed by atoms with Crippen molar-refractivity contribution in [2.45, 2.75) is 12.8 Å². The Hall–Kier alpha value is -1.38. The van der Waals surface area contributed by atoms with Crippen LogP contribution in [0.5, 0.6) is 0 Å². The van der Waals surface area contributed by atoms with Crippen molar-refractivity contribution in [3.63, 3.8) is 0 Å². The minimum atomic E-state index is -0.00931. The zero-order valence-corrected chi connectivity index (χ0v) is 6.16. The summed E-state index contributed by atoms with van der Waals surface area (Å²) in [7, 11) is 0. The first kappa shape index (κ1) is 6.34. The molecule has 0 spiro atoms. The molecule has 0 aromatic heterocycles. The summed E-state index contributed by atoms with van der Waals surface area (Å²) in [6.07, 6.45) is 8.31. The van der Waals surface area contributed by atoms with Gasteiger partial charge in [-0.05, 0) is 0 Å². The lowest BCUT2D eigenvalue weighted by Gasteiger charge is -2.16. The third-order valence-corrected chi connectivity index (χ3v) is 1.74. The van der Waals surface area contributed by atoms with E-state index in [9.17, 15) is 0 Å². The molecule has 0 fully saturated rings. The first-order valence-electron chi connectivity index (χ1n) is 3.58. The maximum atomic E-state index is 5.28. The number of nitrogens with zero attached hydrogens (tertiary/aromatic N) is 1. The van der Waals surface area contributed by atoms with Crippen molar-refractivity contribution in [3.8, 4) is 0 Å². The van der Waals surface area contributed by atoms with Gasteiger partial charge in [0.1, 0.15) is 6.26 Å². The number of fused-ring (bicyclic) bond motifs is 1. The van der Waals surface area contributed by atoms with Crippen LogP contribution in [0.2, 0.25) is 0 Å². The second-order valence-electron chi connectivity index (χ2n) is 2.48. The molecule has 0 saturated heterocycles. The topological polar surface area (TPSA) is 24.5 Å². The summed E-state index contributed by atoms with van der Waals surface area (Å²) < 4.78 is 5.28. The van der Waals surface area contributed by atoms with Crippen LogP contribution < -0.4 is 5.32 Å². The molecule has 0 amide bonds. The largest absolute Gasteiger partial charge is 0.458 e. The van der Waals surface area contributed by atoms with Crippen molar-refractivity contribution >= 4 is 0 Å². The lowest BCUT2D eigenvalue weighted by atomic mass is 10.3. The predicted molar refractivity (Wildman–Crippen MR) is 41.9 cm³/mol. The van der Waals surface area contributed by atoms with E-state index in [4.69, 9.17) is 4.74 Å². The highest BCUT2D eigenvalue weighted by molar-refractivity contribution is 5.14. The van der Waals surface area contributed by atoms with Crippen LogP contribution in [0.15, 0.2) is 37.0 Å². The van der Waals surface area contributed by atoms with E-state index in [1.54, 1.807) is 6.26 Å². The summed E-state index contributed by atoms with van der Waals surface area (Å²) in [5, 5.41) is 3.04. The third-order valence-electron chi connectivity index (χ3n) is 1.74. The smallest absolute Gasteiger partial charge is 0.253 e. The van der Waals surface area contributed by atoms with Crippen molar-refractivity contribution in [1.82, 2.24) is 10.2 Å². The number of nitrogens with one attached hydrogen (secondary N) is 1. The number of hydrogen-bond donors (Lipinski definition) is 1. The fraction of sp³-hybridized carbons (Fsp3) is 0.250. The quantitative estimate of drug-likeness (QED) is 0.596. The van der Waals surface area contributed by atoms with Gasteiger partial charge in [0.25, 0.3) is 6.35 Å². The van der Waals surface area contributed by atoms with E-state index in [1.165, 1.54) is 0 Å². The second kappa shape index (κ2) is 2.34. The zero-order chi connectivity index (χ0) is 7.68. The SMILES string of the molecule is C=CCC1=COC2NC=CN12. The van der Waals surface area contributed by atoms with Gasteiger partial charge in [-0.15, -0.1) is 6.58 Å². The van der Waals surface area contributed by atoms with Gasteiger partial charge < -0.3 is 10.1 Å². The van der Waals surface area contributed by atoms with Gasteiger partial charge in [0, 0.05) is 18.8 Å². The monoisotopic (exact) mass is 150 g/mol. The van der Waals surface area contributed by atoms with E-state index < -0.39 is 0 Å². The summed E-state index contributed by atoms with van der Waals surface area (Å²) in [5.74, 6) is 0. The van der Waals surface area contributed by atoms with Crippen molar-refractivity contribution in [3.05, 3.63) is 37.0 Å². The predicted octanol–water partition coefficient (Wildman–Crippen LogP) is 1.09. The molecule has 0 bridgehead atoms. The van der Waals surface area contributed by atoms with E-state index in [1.807, 2.05) is 23.4 Å². The summed E-state index contributed by atoms with van der Waals surface area (Å²) >= 11 is 0. The average Bonchev–Trinajstić information content (AvgIpc) is 2.53. The molecular formula is C8H10N2O. The molecule has 11 heavy (non-hydrogen) atoms. The molecule has 2 rings (SSSR count). The van der Waals surface area contributed by atoms with Crippen molar-refractivity contribution in [2.75, 3.05) is 0 Å². The molecule has 1 atom stereocenters. The second-order valence-corrected chi connectivity index (χ2v) is 2.48. The van der Waals surface area contributed by atoms with E-state index in [0.717, 1.165) is 12.1 Å². The average molecular weight is 150 g/mol. The summed E-state index contributed by atoms with van der Waals surface area (Å²) in [4.78, 5) is 2.04. The van der Waals surface area contributed by atoms with E-state index in [0.29, 0.717) is 0 Å². The molecule has 2 aliphatic rings. The number of hydrogen-bond acceptors (Lipinski definition) is 3. The lowest BCUT2D eigenvalue weighted by molar-refractivity contribution is 0.0762. The maximum absolute atomic E-state index is 5.28.